The number of rotatable bonds is 1. The van der Waals surface area contributed by atoms with E-state index in [9.17, 15) is 14.7 Å². The van der Waals surface area contributed by atoms with Crippen LogP contribution in [0.2, 0.25) is 5.02 Å². The minimum atomic E-state index is -1.69. The smallest absolute Gasteiger partial charge is 0.303 e. The number of nitrogens with one attached hydrogen (secondary N) is 1. The highest BCUT2D eigenvalue weighted by molar-refractivity contribution is 9.26. The van der Waals surface area contributed by atoms with Crippen LogP contribution in [0, 0.1) is 0 Å². The van der Waals surface area contributed by atoms with Crippen molar-refractivity contribution in [1.82, 2.24) is 10.4 Å². The van der Waals surface area contributed by atoms with Gasteiger partial charge in [0.05, 0.1) is 12.1 Å². The fourth-order valence-corrected chi connectivity index (χ4v) is 9.64. The summed E-state index contributed by atoms with van der Waals surface area (Å²) in [7, 11) is 6.75. The maximum atomic E-state index is 12.9. The number of benzene rings is 1. The van der Waals surface area contributed by atoms with Gasteiger partial charge in [0.25, 0.3) is 11.8 Å². The summed E-state index contributed by atoms with van der Waals surface area (Å²) in [4.78, 5) is 30.8. The Morgan fingerprint density at radius 3 is 2.88 bits per heavy atom. The number of halogens is 1. The average Bonchev–Trinajstić information content (AvgIpc) is 2.88. The number of carbonyl (C=O) groups excluding carboxylic acids is 2. The van der Waals surface area contributed by atoms with Crippen LogP contribution < -0.4 is 10.1 Å². The fraction of sp³-hybridized carbons (Fsp3) is 0.333. The van der Waals surface area contributed by atoms with E-state index >= 15 is 0 Å². The number of phenolic OH excluding ortho intramolecular Hbond substituents is 1. The molecule has 5 rings (SSSR count). The lowest BCUT2D eigenvalue weighted by molar-refractivity contribution is -0.252. The highest BCUT2D eigenvalue weighted by atomic mass is 35.5. The number of amides is 2. The van der Waals surface area contributed by atoms with Gasteiger partial charge >= 0.3 is 5.72 Å². The SMILES string of the molecule is CON1C(=O)[C@H]2NC(=O)[C@@]13Oc1cc(O)c(Cl)cc1[C@@H]3SSSS2. The predicted octanol–water partition coefficient (Wildman–Crippen LogP) is 2.71. The molecule has 24 heavy (non-hydrogen) atoms. The molecule has 0 aliphatic carbocycles. The molecule has 0 radical (unpaired) electrons. The Kier molecular flexibility index (Phi) is 4.21. The first-order chi connectivity index (χ1) is 11.5. The van der Waals surface area contributed by atoms with E-state index in [1.54, 1.807) is 6.07 Å². The van der Waals surface area contributed by atoms with Gasteiger partial charge in [0.2, 0.25) is 0 Å². The lowest BCUT2D eigenvalue weighted by atomic mass is 10.0. The van der Waals surface area contributed by atoms with Gasteiger partial charge in [-0.1, -0.05) is 22.4 Å². The number of nitrogens with zero attached hydrogens (tertiary/aromatic N) is 1. The largest absolute Gasteiger partial charge is 0.506 e. The predicted molar refractivity (Wildman–Crippen MR) is 95.4 cm³/mol. The maximum absolute atomic E-state index is 12.9. The van der Waals surface area contributed by atoms with Crippen LogP contribution in [0.25, 0.3) is 0 Å². The third kappa shape index (κ3) is 2.22. The zero-order chi connectivity index (χ0) is 17.1. The number of aromatic hydroxyl groups is 1. The maximum Gasteiger partial charge on any atom is 0.303 e. The molecule has 1 aromatic rings. The van der Waals surface area contributed by atoms with Gasteiger partial charge in [-0.3, -0.25) is 14.4 Å². The zero-order valence-electron chi connectivity index (χ0n) is 11.8. The summed E-state index contributed by atoms with van der Waals surface area (Å²) in [6, 6.07) is 2.89. The third-order valence-electron chi connectivity index (χ3n) is 3.78. The molecule has 12 heteroatoms. The lowest BCUT2D eigenvalue weighted by Gasteiger charge is -2.43. The van der Waals surface area contributed by atoms with E-state index in [-0.39, 0.29) is 16.5 Å². The summed E-state index contributed by atoms with van der Waals surface area (Å²) < 4.78 is 5.90. The Hall–Kier alpha value is -0.590. The standard InChI is InChI=1S/C12H9ClN2O5S4/c1-19-15-10(17)9-14-11(18)12(15)8(21-23-24-22-9)4-2-5(13)6(16)3-7(4)20-12/h2-3,8-9,16H,1H3,(H,14,18)/t8-,9-,12+/m0/s1. The number of carbonyl (C=O) groups is 2. The first kappa shape index (κ1) is 16.9. The molecular formula is C12H9ClN2O5S4. The normalized spacial score (nSPS) is 31.5. The van der Waals surface area contributed by atoms with Crippen LogP contribution in [0.15, 0.2) is 12.1 Å². The summed E-state index contributed by atoms with van der Waals surface area (Å²) in [5, 5.41) is 12.3. The Labute approximate surface area is 156 Å². The fourth-order valence-electron chi connectivity index (χ4n) is 2.76. The molecule has 1 spiro atoms. The molecule has 3 saturated heterocycles. The Morgan fingerprint density at radius 1 is 1.38 bits per heavy atom. The second kappa shape index (κ2) is 5.99. The van der Waals surface area contributed by atoms with Gasteiger partial charge in [0.15, 0.2) is 5.37 Å². The molecular weight excluding hydrogens is 416 g/mol. The molecule has 7 nitrogen and oxygen atoms in total. The van der Waals surface area contributed by atoms with Crippen molar-refractivity contribution in [2.24, 2.45) is 0 Å². The molecule has 4 aliphatic rings. The first-order valence-electron chi connectivity index (χ1n) is 6.55. The number of fused-ring (bicyclic) bond motifs is 6. The van der Waals surface area contributed by atoms with Gasteiger partial charge in [-0.05, 0) is 36.5 Å². The van der Waals surface area contributed by atoms with Crippen LogP contribution in [0.5, 0.6) is 11.5 Å². The van der Waals surface area contributed by atoms with Crippen molar-refractivity contribution in [1.29, 1.82) is 0 Å². The van der Waals surface area contributed by atoms with Crippen LogP contribution in [0.1, 0.15) is 10.8 Å². The highest BCUT2D eigenvalue weighted by Gasteiger charge is 2.66. The quantitative estimate of drug-likeness (QED) is 0.660. The topological polar surface area (TPSA) is 88.1 Å². The van der Waals surface area contributed by atoms with E-state index < -0.39 is 28.2 Å². The zero-order valence-corrected chi connectivity index (χ0v) is 15.9. The van der Waals surface area contributed by atoms with Crippen molar-refractivity contribution in [3.05, 3.63) is 22.7 Å². The van der Waals surface area contributed by atoms with Crippen molar-refractivity contribution in [3.8, 4) is 11.5 Å². The number of phenols is 1. The van der Waals surface area contributed by atoms with E-state index in [1.165, 1.54) is 54.4 Å². The second-order valence-electron chi connectivity index (χ2n) is 5.02. The number of piperazine rings is 1. The van der Waals surface area contributed by atoms with Gasteiger partial charge in [-0.25, -0.2) is 0 Å². The van der Waals surface area contributed by atoms with Crippen molar-refractivity contribution in [2.75, 3.05) is 7.11 Å². The molecule has 2 amide bonds. The molecule has 2 N–H and O–H groups in total. The number of ether oxygens (including phenoxy) is 1. The molecule has 3 fully saturated rings. The van der Waals surface area contributed by atoms with Crippen molar-refractivity contribution >= 4 is 64.7 Å². The van der Waals surface area contributed by atoms with E-state index in [0.717, 1.165) is 5.06 Å². The van der Waals surface area contributed by atoms with Crippen LogP contribution in [-0.2, 0) is 14.4 Å². The molecule has 2 bridgehead atoms. The monoisotopic (exact) mass is 424 g/mol. The van der Waals surface area contributed by atoms with Gasteiger partial charge in [0.1, 0.15) is 16.7 Å². The van der Waals surface area contributed by atoms with Crippen LogP contribution in [0.3, 0.4) is 0 Å². The van der Waals surface area contributed by atoms with E-state index in [0.29, 0.717) is 5.56 Å². The average molecular weight is 425 g/mol. The molecule has 1 aromatic carbocycles. The molecule has 0 unspecified atom stereocenters. The van der Waals surface area contributed by atoms with Crippen LogP contribution in [0.4, 0.5) is 0 Å². The highest BCUT2D eigenvalue weighted by Crippen LogP contribution is 2.63. The molecule has 4 aliphatic heterocycles. The molecule has 3 atom stereocenters. The minimum absolute atomic E-state index is 0.145. The number of hydrogen-bond acceptors (Lipinski definition) is 9. The Morgan fingerprint density at radius 2 is 2.12 bits per heavy atom. The van der Waals surface area contributed by atoms with Crippen molar-refractivity contribution in [2.45, 2.75) is 16.3 Å². The van der Waals surface area contributed by atoms with E-state index in [1.807, 2.05) is 0 Å². The van der Waals surface area contributed by atoms with Crippen LogP contribution >= 0.6 is 52.8 Å². The van der Waals surface area contributed by atoms with Gasteiger partial charge in [-0.15, -0.1) is 0 Å². The van der Waals surface area contributed by atoms with Gasteiger partial charge < -0.3 is 15.2 Å². The molecule has 0 saturated carbocycles. The Bertz CT molecular complexity index is 752. The van der Waals surface area contributed by atoms with Gasteiger partial charge in [-0.2, -0.15) is 5.06 Å². The summed E-state index contributed by atoms with van der Waals surface area (Å²) >= 11 is 6.02. The van der Waals surface area contributed by atoms with Crippen LogP contribution in [-0.4, -0.2) is 40.2 Å². The van der Waals surface area contributed by atoms with Crippen molar-refractivity contribution < 1.29 is 24.3 Å². The first-order valence-corrected chi connectivity index (χ1v) is 11.9. The summed E-state index contributed by atoms with van der Waals surface area (Å²) in [5.41, 5.74) is -1.07. The Balaban J connectivity index is 1.92. The molecule has 4 heterocycles. The van der Waals surface area contributed by atoms with E-state index in [2.05, 4.69) is 5.32 Å². The molecule has 0 aromatic heterocycles. The minimum Gasteiger partial charge on any atom is -0.506 e. The summed E-state index contributed by atoms with van der Waals surface area (Å²) in [6.07, 6.45) is 0. The van der Waals surface area contributed by atoms with E-state index in [4.69, 9.17) is 21.2 Å². The number of hydrogen-bond donors (Lipinski definition) is 2. The third-order valence-corrected chi connectivity index (χ3v) is 10.8. The summed E-state index contributed by atoms with van der Waals surface area (Å²) in [6.45, 7) is 0. The van der Waals surface area contributed by atoms with Gasteiger partial charge in [0, 0.05) is 11.6 Å². The summed E-state index contributed by atoms with van der Waals surface area (Å²) in [5.74, 6) is -0.762. The number of hydroxylamine groups is 2. The lowest BCUT2D eigenvalue weighted by Crippen LogP contribution is -2.72. The molecule has 128 valence electrons. The second-order valence-corrected chi connectivity index (χ2v) is 11.4. The van der Waals surface area contributed by atoms with Crippen molar-refractivity contribution in [3.63, 3.8) is 0 Å².